The van der Waals surface area contributed by atoms with Gasteiger partial charge in [0.2, 0.25) is 0 Å². The maximum absolute atomic E-state index is 6.76. The van der Waals surface area contributed by atoms with Crippen molar-refractivity contribution in [3.05, 3.63) is 160 Å². The minimum Gasteiger partial charge on any atom is -0.457 e. The first-order valence-corrected chi connectivity index (χ1v) is 17.5. The first-order chi connectivity index (χ1) is 22.9. The first kappa shape index (κ1) is 33.6. The molecule has 0 aliphatic rings. The van der Waals surface area contributed by atoms with Crippen LogP contribution in [0.1, 0.15) is 52.7 Å². The highest BCUT2D eigenvalue weighted by molar-refractivity contribution is 9.10. The van der Waals surface area contributed by atoms with Gasteiger partial charge in [0, 0.05) is 32.4 Å². The van der Waals surface area contributed by atoms with Crippen LogP contribution in [0.25, 0.3) is 22.3 Å². The molecule has 0 radical (unpaired) electrons. The summed E-state index contributed by atoms with van der Waals surface area (Å²) < 4.78 is 7.56. The number of ether oxygens (including phenoxy) is 1. The predicted molar refractivity (Wildman–Crippen MR) is 209 cm³/mol. The molecule has 6 rings (SSSR count). The normalized spacial score (nSPS) is 11.8. The van der Waals surface area contributed by atoms with Gasteiger partial charge in [-0.3, -0.25) is 0 Å². The van der Waals surface area contributed by atoms with Crippen LogP contribution in [0, 0.1) is 0 Å². The first-order valence-electron chi connectivity index (χ1n) is 16.3. The Morgan fingerprint density at radius 2 is 1.08 bits per heavy atom. The topological polar surface area (TPSA) is 12.5 Å². The summed E-state index contributed by atoms with van der Waals surface area (Å²) in [6, 6.07) is 48.8. The zero-order chi connectivity index (χ0) is 34.1. The van der Waals surface area contributed by atoms with Gasteiger partial charge in [0.15, 0.2) is 0 Å². The van der Waals surface area contributed by atoms with Crippen LogP contribution in [0.2, 0.25) is 5.02 Å². The lowest BCUT2D eigenvalue weighted by Crippen LogP contribution is -2.18. The molecule has 0 saturated carbocycles. The zero-order valence-corrected chi connectivity index (χ0v) is 30.7. The van der Waals surface area contributed by atoms with Gasteiger partial charge in [-0.05, 0) is 93.7 Å². The van der Waals surface area contributed by atoms with E-state index in [0.717, 1.165) is 60.9 Å². The quantitative estimate of drug-likeness (QED) is 0.163. The number of rotatable bonds is 7. The summed E-state index contributed by atoms with van der Waals surface area (Å²) in [4.78, 5) is 2.35. The van der Waals surface area contributed by atoms with Crippen molar-refractivity contribution in [1.29, 1.82) is 0 Å². The summed E-state index contributed by atoms with van der Waals surface area (Å²) in [7, 11) is 0. The Balaban J connectivity index is 1.73. The van der Waals surface area contributed by atoms with Crippen LogP contribution < -0.4 is 9.64 Å². The molecule has 0 bridgehead atoms. The van der Waals surface area contributed by atoms with E-state index in [0.29, 0.717) is 5.02 Å². The fourth-order valence-electron chi connectivity index (χ4n) is 5.88. The van der Waals surface area contributed by atoms with Crippen LogP contribution in [0.15, 0.2) is 144 Å². The van der Waals surface area contributed by atoms with E-state index in [1.807, 2.05) is 42.5 Å². The van der Waals surface area contributed by atoms with Crippen molar-refractivity contribution >= 4 is 44.6 Å². The van der Waals surface area contributed by atoms with Crippen LogP contribution >= 0.6 is 27.5 Å². The molecule has 0 unspecified atom stereocenters. The summed E-state index contributed by atoms with van der Waals surface area (Å²) in [5, 5.41) is 0.670. The van der Waals surface area contributed by atoms with Crippen LogP contribution in [0.5, 0.6) is 11.5 Å². The Labute approximate surface area is 299 Å². The Hall–Kier alpha value is -4.31. The van der Waals surface area contributed by atoms with E-state index in [1.165, 1.54) is 5.56 Å². The zero-order valence-electron chi connectivity index (χ0n) is 28.4. The molecule has 0 atom stereocenters. The SMILES string of the molecule is CC(C)(C)c1cc(Oc2cccc(Br)c2)cc(N(c2cccc(Cl)c2)c2c(-c3ccccc3)cc(C(C)(C)C)cc2-c2ccccc2)c1. The van der Waals surface area contributed by atoms with Gasteiger partial charge in [-0.15, -0.1) is 0 Å². The molecule has 6 aromatic carbocycles. The standard InChI is InChI=1S/C44H41BrClNO/c1-43(2,3)32-23-37(29-39(24-32)48-38-22-13-19-34(45)27-38)47(36-21-14-20-35(46)28-36)42-40(30-15-9-7-10-16-30)25-33(44(4,5)6)26-41(42)31-17-11-8-12-18-31/h7-29H,1-6H3. The smallest absolute Gasteiger partial charge is 0.129 e. The van der Waals surface area contributed by atoms with E-state index < -0.39 is 0 Å². The maximum atomic E-state index is 6.76. The number of benzene rings is 6. The van der Waals surface area contributed by atoms with Crippen molar-refractivity contribution in [1.82, 2.24) is 0 Å². The van der Waals surface area contributed by atoms with E-state index in [1.54, 1.807) is 0 Å². The molecular formula is C44H41BrClNO. The highest BCUT2D eigenvalue weighted by atomic mass is 79.9. The Morgan fingerprint density at radius 3 is 1.62 bits per heavy atom. The second-order valence-electron chi connectivity index (χ2n) is 14.2. The molecule has 0 spiro atoms. The van der Waals surface area contributed by atoms with Crippen LogP contribution in [-0.4, -0.2) is 0 Å². The van der Waals surface area contributed by atoms with Crippen molar-refractivity contribution in [2.24, 2.45) is 0 Å². The van der Waals surface area contributed by atoms with Crippen molar-refractivity contribution in [3.63, 3.8) is 0 Å². The molecule has 4 heteroatoms. The monoisotopic (exact) mass is 713 g/mol. The van der Waals surface area contributed by atoms with Crippen molar-refractivity contribution in [3.8, 4) is 33.8 Å². The average molecular weight is 715 g/mol. The lowest BCUT2D eigenvalue weighted by molar-refractivity contribution is 0.478. The largest absolute Gasteiger partial charge is 0.457 e. The van der Waals surface area contributed by atoms with Gasteiger partial charge >= 0.3 is 0 Å². The molecule has 0 saturated heterocycles. The van der Waals surface area contributed by atoms with Gasteiger partial charge in [-0.1, -0.05) is 142 Å². The molecule has 2 nitrogen and oxygen atoms in total. The van der Waals surface area contributed by atoms with Gasteiger partial charge in [0.05, 0.1) is 11.4 Å². The summed E-state index contributed by atoms with van der Waals surface area (Å²) in [6.45, 7) is 13.5. The second kappa shape index (κ2) is 13.7. The van der Waals surface area contributed by atoms with Crippen LogP contribution in [-0.2, 0) is 10.8 Å². The highest BCUT2D eigenvalue weighted by Gasteiger charge is 2.27. The maximum Gasteiger partial charge on any atom is 0.129 e. The van der Waals surface area contributed by atoms with Gasteiger partial charge in [-0.2, -0.15) is 0 Å². The molecular weight excluding hydrogens is 674 g/mol. The van der Waals surface area contributed by atoms with E-state index in [2.05, 4.69) is 159 Å². The average Bonchev–Trinajstić information content (AvgIpc) is 3.05. The molecule has 0 amide bonds. The van der Waals surface area contributed by atoms with E-state index in [4.69, 9.17) is 16.3 Å². The molecule has 0 aliphatic heterocycles. The van der Waals surface area contributed by atoms with Crippen LogP contribution in [0.3, 0.4) is 0 Å². The van der Waals surface area contributed by atoms with Crippen molar-refractivity contribution in [2.75, 3.05) is 4.90 Å². The molecule has 0 aliphatic carbocycles. The van der Waals surface area contributed by atoms with Crippen LogP contribution in [0.4, 0.5) is 17.1 Å². The van der Waals surface area contributed by atoms with Gasteiger partial charge in [0.25, 0.3) is 0 Å². The third kappa shape index (κ3) is 7.54. The minimum absolute atomic E-state index is 0.0798. The van der Waals surface area contributed by atoms with Crippen molar-refractivity contribution in [2.45, 2.75) is 52.4 Å². The van der Waals surface area contributed by atoms with E-state index in [-0.39, 0.29) is 10.8 Å². The fraction of sp³-hybridized carbons (Fsp3) is 0.182. The van der Waals surface area contributed by atoms with Gasteiger partial charge in [0.1, 0.15) is 11.5 Å². The predicted octanol–water partition coefficient (Wildman–Crippen LogP) is 14.3. The third-order valence-electron chi connectivity index (χ3n) is 8.48. The highest BCUT2D eigenvalue weighted by Crippen LogP contribution is 2.50. The Bertz CT molecular complexity index is 1980. The fourth-order valence-corrected chi connectivity index (χ4v) is 6.44. The molecule has 0 fully saturated rings. The number of nitrogens with zero attached hydrogens (tertiary/aromatic N) is 1. The summed E-state index contributed by atoms with van der Waals surface area (Å²) >= 11 is 10.4. The number of anilines is 3. The van der Waals surface area contributed by atoms with Gasteiger partial charge < -0.3 is 9.64 Å². The number of hydrogen-bond acceptors (Lipinski definition) is 2. The summed E-state index contributed by atoms with van der Waals surface area (Å²) in [5.74, 6) is 1.52. The van der Waals surface area contributed by atoms with E-state index >= 15 is 0 Å². The Kier molecular flexibility index (Phi) is 9.56. The molecule has 0 heterocycles. The molecule has 0 aromatic heterocycles. The lowest BCUT2D eigenvalue weighted by Gasteiger charge is -2.33. The second-order valence-corrected chi connectivity index (χ2v) is 15.6. The summed E-state index contributed by atoms with van der Waals surface area (Å²) in [5.41, 5.74) is 9.75. The Morgan fingerprint density at radius 1 is 0.521 bits per heavy atom. The van der Waals surface area contributed by atoms with Gasteiger partial charge in [-0.25, -0.2) is 0 Å². The van der Waals surface area contributed by atoms with E-state index in [9.17, 15) is 0 Å². The molecule has 0 N–H and O–H groups in total. The van der Waals surface area contributed by atoms with Crippen molar-refractivity contribution < 1.29 is 4.74 Å². The minimum atomic E-state index is -0.147. The molecule has 242 valence electrons. The molecule has 48 heavy (non-hydrogen) atoms. The summed E-state index contributed by atoms with van der Waals surface area (Å²) in [6.07, 6.45) is 0. The number of hydrogen-bond donors (Lipinski definition) is 0. The lowest BCUT2D eigenvalue weighted by atomic mass is 9.81. The number of halogens is 2. The molecule has 6 aromatic rings. The third-order valence-corrected chi connectivity index (χ3v) is 9.21.